The van der Waals surface area contributed by atoms with Gasteiger partial charge in [0.2, 0.25) is 10.0 Å². The zero-order chi connectivity index (χ0) is 16.0. The number of nitrogens with one attached hydrogen (secondary N) is 1. The summed E-state index contributed by atoms with van der Waals surface area (Å²) < 4.78 is 27.9. The van der Waals surface area contributed by atoms with E-state index in [1.165, 1.54) is 0 Å². The van der Waals surface area contributed by atoms with Crippen LogP contribution in [0.2, 0.25) is 0 Å². The number of aryl methyl sites for hydroxylation is 1. The van der Waals surface area contributed by atoms with Crippen molar-refractivity contribution in [1.29, 1.82) is 0 Å². The fraction of sp³-hybridized carbons (Fsp3) is 0.471. The van der Waals surface area contributed by atoms with Gasteiger partial charge in [-0.25, -0.2) is 8.42 Å². The first-order valence-corrected chi connectivity index (χ1v) is 9.56. The molecule has 0 amide bonds. The molecule has 2 saturated heterocycles. The van der Waals surface area contributed by atoms with Crippen molar-refractivity contribution in [1.82, 2.24) is 14.6 Å². The van der Waals surface area contributed by atoms with Crippen LogP contribution in [0.1, 0.15) is 12.0 Å². The van der Waals surface area contributed by atoms with E-state index in [1.54, 1.807) is 22.6 Å². The molecule has 4 rings (SSSR count). The SMILES string of the molecule is Cc1cnc2c(S(=O)(=O)N3CCC4CNCC4C3)cccc2c1.Cl. The van der Waals surface area contributed by atoms with Crippen LogP contribution in [0.25, 0.3) is 10.9 Å². The van der Waals surface area contributed by atoms with Crippen molar-refractivity contribution < 1.29 is 8.42 Å². The van der Waals surface area contributed by atoms with Crippen molar-refractivity contribution >= 4 is 33.3 Å². The molecule has 1 aromatic carbocycles. The molecule has 1 aromatic heterocycles. The van der Waals surface area contributed by atoms with Crippen LogP contribution in [0.3, 0.4) is 0 Å². The smallest absolute Gasteiger partial charge is 0.245 e. The molecule has 0 bridgehead atoms. The molecule has 2 fully saturated rings. The van der Waals surface area contributed by atoms with Crippen LogP contribution >= 0.6 is 12.4 Å². The molecule has 0 spiro atoms. The van der Waals surface area contributed by atoms with Gasteiger partial charge in [0, 0.05) is 24.7 Å². The first kappa shape index (κ1) is 17.6. The molecule has 3 heterocycles. The van der Waals surface area contributed by atoms with Crippen LogP contribution in [-0.4, -0.2) is 43.9 Å². The predicted molar refractivity (Wildman–Crippen MR) is 97.0 cm³/mol. The van der Waals surface area contributed by atoms with Gasteiger partial charge in [0.25, 0.3) is 0 Å². The van der Waals surface area contributed by atoms with Gasteiger partial charge in [0.05, 0.1) is 5.52 Å². The third-order valence-corrected chi connectivity index (χ3v) is 6.99. The standard InChI is InChI=1S/C17H21N3O2S.ClH/c1-12-7-13-3-2-4-16(17(13)19-8-12)23(21,22)20-6-5-14-9-18-10-15(14)11-20;/h2-4,7-8,14-15,18H,5-6,9-11H2,1H3;1H. The lowest BCUT2D eigenvalue weighted by Gasteiger charge is -2.33. The molecule has 5 nitrogen and oxygen atoms in total. The zero-order valence-electron chi connectivity index (χ0n) is 13.6. The van der Waals surface area contributed by atoms with E-state index in [0.29, 0.717) is 35.3 Å². The van der Waals surface area contributed by atoms with Gasteiger partial charge in [0.1, 0.15) is 4.90 Å². The Morgan fingerprint density at radius 3 is 2.88 bits per heavy atom. The van der Waals surface area contributed by atoms with Gasteiger partial charge in [-0.3, -0.25) is 4.98 Å². The van der Waals surface area contributed by atoms with Gasteiger partial charge in [0.15, 0.2) is 0 Å². The number of fused-ring (bicyclic) bond motifs is 2. The minimum Gasteiger partial charge on any atom is -0.316 e. The second-order valence-electron chi connectivity index (χ2n) is 6.67. The minimum atomic E-state index is -3.50. The van der Waals surface area contributed by atoms with Crippen molar-refractivity contribution in [3.8, 4) is 0 Å². The van der Waals surface area contributed by atoms with Crippen LogP contribution in [0, 0.1) is 18.8 Å². The number of sulfonamides is 1. The fourth-order valence-electron chi connectivity index (χ4n) is 3.81. The van der Waals surface area contributed by atoms with Gasteiger partial charge in [-0.15, -0.1) is 12.4 Å². The quantitative estimate of drug-likeness (QED) is 0.883. The Labute approximate surface area is 148 Å². The molecular formula is C17H22ClN3O2S. The van der Waals surface area contributed by atoms with Crippen molar-refractivity contribution in [2.24, 2.45) is 11.8 Å². The van der Waals surface area contributed by atoms with E-state index in [-0.39, 0.29) is 12.4 Å². The molecule has 1 N–H and O–H groups in total. The second-order valence-corrected chi connectivity index (χ2v) is 8.58. The van der Waals surface area contributed by atoms with Crippen molar-refractivity contribution in [3.05, 3.63) is 36.0 Å². The summed E-state index contributed by atoms with van der Waals surface area (Å²) in [5.41, 5.74) is 1.61. The zero-order valence-corrected chi connectivity index (χ0v) is 15.2. The molecule has 2 aliphatic heterocycles. The van der Waals surface area contributed by atoms with Crippen LogP contribution in [0.4, 0.5) is 0 Å². The van der Waals surface area contributed by atoms with Crippen molar-refractivity contribution in [2.45, 2.75) is 18.2 Å². The van der Waals surface area contributed by atoms with Gasteiger partial charge in [-0.2, -0.15) is 4.31 Å². The van der Waals surface area contributed by atoms with Gasteiger partial charge in [-0.1, -0.05) is 12.1 Å². The van der Waals surface area contributed by atoms with Gasteiger partial charge in [-0.05, 0) is 56.0 Å². The number of halogens is 1. The van der Waals surface area contributed by atoms with Gasteiger partial charge < -0.3 is 5.32 Å². The molecule has 2 aliphatic rings. The molecule has 0 radical (unpaired) electrons. The maximum Gasteiger partial charge on any atom is 0.245 e. The molecule has 0 saturated carbocycles. The van der Waals surface area contributed by atoms with E-state index < -0.39 is 10.0 Å². The lowest BCUT2D eigenvalue weighted by atomic mass is 9.90. The summed E-state index contributed by atoms with van der Waals surface area (Å²) >= 11 is 0. The molecular weight excluding hydrogens is 346 g/mol. The predicted octanol–water partition coefficient (Wildman–Crippen LogP) is 2.20. The van der Waals surface area contributed by atoms with E-state index in [4.69, 9.17) is 0 Å². The lowest BCUT2D eigenvalue weighted by Crippen LogP contribution is -2.43. The van der Waals surface area contributed by atoms with Gasteiger partial charge >= 0.3 is 0 Å². The maximum atomic E-state index is 13.1. The summed E-state index contributed by atoms with van der Waals surface area (Å²) in [4.78, 5) is 4.72. The number of hydrogen-bond donors (Lipinski definition) is 1. The van der Waals surface area contributed by atoms with Crippen LogP contribution in [0.15, 0.2) is 35.4 Å². The highest BCUT2D eigenvalue weighted by Crippen LogP contribution is 2.32. The first-order chi connectivity index (χ1) is 11.1. The normalized spacial score (nSPS) is 24.5. The number of pyridine rings is 1. The molecule has 2 atom stereocenters. The van der Waals surface area contributed by atoms with E-state index in [0.717, 1.165) is 30.5 Å². The summed E-state index contributed by atoms with van der Waals surface area (Å²) in [5.74, 6) is 1.05. The summed E-state index contributed by atoms with van der Waals surface area (Å²) in [6.45, 7) is 5.12. The number of rotatable bonds is 2. The Kier molecular flexibility index (Phi) is 4.84. The van der Waals surface area contributed by atoms with E-state index >= 15 is 0 Å². The Morgan fingerprint density at radius 1 is 1.25 bits per heavy atom. The first-order valence-electron chi connectivity index (χ1n) is 8.12. The molecule has 0 aliphatic carbocycles. The number of piperidine rings is 1. The van der Waals surface area contributed by atoms with Crippen molar-refractivity contribution in [2.75, 3.05) is 26.2 Å². The maximum absolute atomic E-state index is 13.1. The van der Waals surface area contributed by atoms with E-state index in [2.05, 4.69) is 10.3 Å². The van der Waals surface area contributed by atoms with Crippen LogP contribution < -0.4 is 5.32 Å². The molecule has 7 heteroatoms. The topological polar surface area (TPSA) is 62.3 Å². The number of nitrogens with zero attached hydrogens (tertiary/aromatic N) is 2. The third-order valence-electron chi connectivity index (χ3n) is 5.10. The van der Waals surface area contributed by atoms with Crippen LogP contribution in [0.5, 0.6) is 0 Å². The second kappa shape index (κ2) is 6.59. The summed E-state index contributed by atoms with van der Waals surface area (Å²) in [6, 6.07) is 7.38. The Bertz CT molecular complexity index is 856. The lowest BCUT2D eigenvalue weighted by molar-refractivity contribution is 0.228. The number of aromatic nitrogens is 1. The Morgan fingerprint density at radius 2 is 2.04 bits per heavy atom. The average Bonchev–Trinajstić information content (AvgIpc) is 3.01. The summed E-state index contributed by atoms with van der Waals surface area (Å²) in [7, 11) is -3.50. The van der Waals surface area contributed by atoms with Crippen LogP contribution in [-0.2, 0) is 10.0 Å². The molecule has 130 valence electrons. The highest BCUT2D eigenvalue weighted by Gasteiger charge is 2.38. The monoisotopic (exact) mass is 367 g/mol. The third kappa shape index (κ3) is 2.92. The number of benzene rings is 1. The summed E-state index contributed by atoms with van der Waals surface area (Å²) in [6.07, 6.45) is 2.67. The highest BCUT2D eigenvalue weighted by molar-refractivity contribution is 7.89. The molecule has 24 heavy (non-hydrogen) atoms. The summed E-state index contributed by atoms with van der Waals surface area (Å²) in [5, 5.41) is 4.26. The minimum absolute atomic E-state index is 0. The van der Waals surface area contributed by atoms with Crippen molar-refractivity contribution in [3.63, 3.8) is 0 Å². The Balaban J connectivity index is 0.00000169. The Hall–Kier alpha value is -1.21. The van der Waals surface area contributed by atoms with E-state index in [9.17, 15) is 8.42 Å². The number of hydrogen-bond acceptors (Lipinski definition) is 4. The number of para-hydroxylation sites is 1. The fourth-order valence-corrected chi connectivity index (χ4v) is 5.49. The highest BCUT2D eigenvalue weighted by atomic mass is 35.5. The molecule has 2 aromatic rings. The largest absolute Gasteiger partial charge is 0.316 e. The van der Waals surface area contributed by atoms with E-state index in [1.807, 2.05) is 19.1 Å². The molecule has 2 unspecified atom stereocenters. The average molecular weight is 368 g/mol.